The minimum Gasteiger partial charge on any atom is -0.486 e. The van der Waals surface area contributed by atoms with E-state index in [1.54, 1.807) is 24.3 Å². The first-order valence-corrected chi connectivity index (χ1v) is 8.61. The van der Waals surface area contributed by atoms with Crippen LogP contribution in [0.4, 0.5) is 17.3 Å². The van der Waals surface area contributed by atoms with Gasteiger partial charge in [-0.3, -0.25) is 4.79 Å². The molecule has 2 aromatic carbocycles. The fourth-order valence-corrected chi connectivity index (χ4v) is 2.72. The number of amides is 1. The van der Waals surface area contributed by atoms with Crippen molar-refractivity contribution >= 4 is 34.8 Å². The van der Waals surface area contributed by atoms with Crippen molar-refractivity contribution < 1.29 is 14.3 Å². The first-order chi connectivity index (χ1) is 13.2. The number of ether oxygens (including phenoxy) is 2. The molecule has 7 nitrogen and oxygen atoms in total. The van der Waals surface area contributed by atoms with Crippen LogP contribution in [0.25, 0.3) is 0 Å². The van der Waals surface area contributed by atoms with Crippen LogP contribution in [-0.4, -0.2) is 29.1 Å². The topological polar surface area (TPSA) is 85.4 Å². The van der Waals surface area contributed by atoms with Gasteiger partial charge in [0.05, 0.1) is 5.56 Å². The SMILES string of the molecule is O=C(Nc1cccc(Cl)c1)c1cnc(Nc2ccc3c(c2)OCCO3)nc1. The molecule has 1 aliphatic heterocycles. The minimum absolute atomic E-state index is 0.317. The van der Waals surface area contributed by atoms with E-state index in [0.717, 1.165) is 5.69 Å². The van der Waals surface area contributed by atoms with Crippen molar-refractivity contribution in [3.8, 4) is 11.5 Å². The monoisotopic (exact) mass is 382 g/mol. The molecule has 0 bridgehead atoms. The molecule has 3 aromatic rings. The van der Waals surface area contributed by atoms with Gasteiger partial charge in [0.25, 0.3) is 5.91 Å². The Balaban J connectivity index is 1.43. The van der Waals surface area contributed by atoms with E-state index in [0.29, 0.717) is 46.9 Å². The van der Waals surface area contributed by atoms with Gasteiger partial charge >= 0.3 is 0 Å². The summed E-state index contributed by atoms with van der Waals surface area (Å²) in [6, 6.07) is 12.4. The Morgan fingerprint density at radius 2 is 1.74 bits per heavy atom. The maximum atomic E-state index is 12.3. The van der Waals surface area contributed by atoms with Gasteiger partial charge in [0.15, 0.2) is 11.5 Å². The lowest BCUT2D eigenvalue weighted by atomic mass is 10.2. The van der Waals surface area contributed by atoms with Crippen molar-refractivity contribution in [2.75, 3.05) is 23.8 Å². The number of nitrogens with one attached hydrogen (secondary N) is 2. The van der Waals surface area contributed by atoms with Crippen molar-refractivity contribution in [2.45, 2.75) is 0 Å². The molecule has 1 amide bonds. The van der Waals surface area contributed by atoms with Crippen LogP contribution in [0.5, 0.6) is 11.5 Å². The molecule has 2 heterocycles. The van der Waals surface area contributed by atoms with Crippen LogP contribution in [0, 0.1) is 0 Å². The van der Waals surface area contributed by atoms with Crippen LogP contribution >= 0.6 is 11.6 Å². The molecule has 27 heavy (non-hydrogen) atoms. The first kappa shape index (κ1) is 17.1. The predicted octanol–water partition coefficient (Wildman–Crippen LogP) is 3.90. The summed E-state index contributed by atoms with van der Waals surface area (Å²) >= 11 is 5.92. The number of rotatable bonds is 4. The Morgan fingerprint density at radius 1 is 0.963 bits per heavy atom. The van der Waals surface area contributed by atoms with Gasteiger partial charge < -0.3 is 20.1 Å². The highest BCUT2D eigenvalue weighted by molar-refractivity contribution is 6.30. The molecular formula is C19H15ClN4O3. The zero-order valence-corrected chi connectivity index (χ0v) is 14.9. The summed E-state index contributed by atoms with van der Waals surface area (Å²) in [6.45, 7) is 1.06. The van der Waals surface area contributed by atoms with Crippen LogP contribution in [0.2, 0.25) is 5.02 Å². The Morgan fingerprint density at radius 3 is 2.52 bits per heavy atom. The van der Waals surface area contributed by atoms with Crippen molar-refractivity contribution in [3.05, 3.63) is 65.4 Å². The second-order valence-electron chi connectivity index (χ2n) is 5.74. The zero-order chi connectivity index (χ0) is 18.6. The van der Waals surface area contributed by atoms with E-state index in [4.69, 9.17) is 21.1 Å². The molecule has 0 unspecified atom stereocenters. The second kappa shape index (κ2) is 7.51. The molecule has 4 rings (SSSR count). The number of anilines is 3. The Kier molecular flexibility index (Phi) is 4.76. The molecule has 8 heteroatoms. The third-order valence-corrected chi connectivity index (χ3v) is 4.03. The molecule has 0 spiro atoms. The number of hydrogen-bond donors (Lipinski definition) is 2. The number of halogens is 1. The molecule has 2 N–H and O–H groups in total. The lowest BCUT2D eigenvalue weighted by Gasteiger charge is -2.18. The second-order valence-corrected chi connectivity index (χ2v) is 6.18. The maximum absolute atomic E-state index is 12.3. The van der Waals surface area contributed by atoms with Gasteiger partial charge in [-0.15, -0.1) is 0 Å². The molecule has 0 fully saturated rings. The van der Waals surface area contributed by atoms with E-state index in [-0.39, 0.29) is 5.91 Å². The lowest BCUT2D eigenvalue weighted by Crippen LogP contribution is -2.15. The third-order valence-electron chi connectivity index (χ3n) is 3.79. The largest absolute Gasteiger partial charge is 0.486 e. The summed E-state index contributed by atoms with van der Waals surface area (Å²) in [4.78, 5) is 20.6. The van der Waals surface area contributed by atoms with Crippen molar-refractivity contribution in [1.29, 1.82) is 0 Å². The molecule has 1 aromatic heterocycles. The lowest BCUT2D eigenvalue weighted by molar-refractivity contribution is 0.102. The highest BCUT2D eigenvalue weighted by Crippen LogP contribution is 2.33. The van der Waals surface area contributed by atoms with Gasteiger partial charge in [0.1, 0.15) is 13.2 Å². The summed E-state index contributed by atoms with van der Waals surface area (Å²) in [7, 11) is 0. The standard InChI is InChI=1S/C19H15ClN4O3/c20-13-2-1-3-14(8-13)23-18(25)12-10-21-19(22-11-12)24-15-4-5-16-17(9-15)27-7-6-26-16/h1-5,8-11H,6-7H2,(H,23,25)(H,21,22,24). The average molecular weight is 383 g/mol. The number of carbonyl (C=O) groups excluding carboxylic acids is 1. The highest BCUT2D eigenvalue weighted by Gasteiger charge is 2.13. The van der Waals surface area contributed by atoms with E-state index in [9.17, 15) is 4.79 Å². The highest BCUT2D eigenvalue weighted by atomic mass is 35.5. The van der Waals surface area contributed by atoms with E-state index in [2.05, 4.69) is 20.6 Å². The van der Waals surface area contributed by atoms with Crippen LogP contribution < -0.4 is 20.1 Å². The van der Waals surface area contributed by atoms with Gasteiger partial charge in [-0.25, -0.2) is 9.97 Å². The number of carbonyl (C=O) groups is 1. The quantitative estimate of drug-likeness (QED) is 0.711. The van der Waals surface area contributed by atoms with Crippen LogP contribution in [0.15, 0.2) is 54.9 Å². The molecular weight excluding hydrogens is 368 g/mol. The Labute approximate surface area is 160 Å². The van der Waals surface area contributed by atoms with Crippen molar-refractivity contribution in [3.63, 3.8) is 0 Å². The maximum Gasteiger partial charge on any atom is 0.258 e. The summed E-state index contributed by atoms with van der Waals surface area (Å²) < 4.78 is 11.0. The summed E-state index contributed by atoms with van der Waals surface area (Å²) in [5.41, 5.74) is 1.70. The Bertz CT molecular complexity index is 979. The predicted molar refractivity (Wildman–Crippen MR) is 102 cm³/mol. The van der Waals surface area contributed by atoms with Crippen LogP contribution in [0.1, 0.15) is 10.4 Å². The first-order valence-electron chi connectivity index (χ1n) is 8.23. The number of nitrogens with zero attached hydrogens (tertiary/aromatic N) is 2. The Hall–Kier alpha value is -3.32. The van der Waals surface area contributed by atoms with Gasteiger partial charge in [-0.1, -0.05) is 17.7 Å². The normalized spacial score (nSPS) is 12.3. The van der Waals surface area contributed by atoms with Gasteiger partial charge in [-0.05, 0) is 30.3 Å². The average Bonchev–Trinajstić information content (AvgIpc) is 2.68. The fourth-order valence-electron chi connectivity index (χ4n) is 2.53. The molecule has 0 aliphatic carbocycles. The summed E-state index contributed by atoms with van der Waals surface area (Å²) in [5, 5.41) is 6.36. The number of hydrogen-bond acceptors (Lipinski definition) is 6. The minimum atomic E-state index is -0.317. The molecule has 136 valence electrons. The zero-order valence-electron chi connectivity index (χ0n) is 14.1. The van der Waals surface area contributed by atoms with E-state index >= 15 is 0 Å². The van der Waals surface area contributed by atoms with E-state index in [1.165, 1.54) is 12.4 Å². The molecule has 0 atom stereocenters. The smallest absolute Gasteiger partial charge is 0.258 e. The summed E-state index contributed by atoms with van der Waals surface area (Å²) in [6.07, 6.45) is 2.90. The number of benzene rings is 2. The molecule has 0 saturated carbocycles. The summed E-state index contributed by atoms with van der Waals surface area (Å²) in [5.74, 6) is 1.43. The van der Waals surface area contributed by atoms with E-state index in [1.807, 2.05) is 18.2 Å². The van der Waals surface area contributed by atoms with Crippen LogP contribution in [0.3, 0.4) is 0 Å². The van der Waals surface area contributed by atoms with Crippen molar-refractivity contribution in [1.82, 2.24) is 9.97 Å². The van der Waals surface area contributed by atoms with E-state index < -0.39 is 0 Å². The van der Waals surface area contributed by atoms with Gasteiger partial charge in [0, 0.05) is 34.9 Å². The van der Waals surface area contributed by atoms with Gasteiger partial charge in [-0.2, -0.15) is 0 Å². The fraction of sp³-hybridized carbons (Fsp3) is 0.105. The molecule has 1 aliphatic rings. The van der Waals surface area contributed by atoms with Gasteiger partial charge in [0.2, 0.25) is 5.95 Å². The third kappa shape index (κ3) is 4.09. The number of fused-ring (bicyclic) bond motifs is 1. The molecule has 0 radical (unpaired) electrons. The van der Waals surface area contributed by atoms with Crippen molar-refractivity contribution in [2.24, 2.45) is 0 Å². The van der Waals surface area contributed by atoms with Crippen LogP contribution in [-0.2, 0) is 0 Å². The number of aromatic nitrogens is 2. The molecule has 0 saturated heterocycles.